The first-order valence-electron chi connectivity index (χ1n) is 7.09. The zero-order valence-electron chi connectivity index (χ0n) is 11.9. The Kier molecular flexibility index (Phi) is 3.78. The third-order valence-electron chi connectivity index (χ3n) is 4.07. The molecule has 0 unspecified atom stereocenters. The van der Waals surface area contributed by atoms with Crippen LogP contribution in [0.2, 0.25) is 0 Å². The summed E-state index contributed by atoms with van der Waals surface area (Å²) >= 11 is 1.72. The predicted octanol–water partition coefficient (Wildman–Crippen LogP) is 3.32. The van der Waals surface area contributed by atoms with Gasteiger partial charge in [-0.2, -0.15) is 0 Å². The highest BCUT2D eigenvalue weighted by Gasteiger charge is 2.40. The van der Waals surface area contributed by atoms with Gasteiger partial charge in [-0.1, -0.05) is 12.1 Å². The number of nitrogens with zero attached hydrogens (tertiary/aromatic N) is 1. The molecule has 1 heterocycles. The van der Waals surface area contributed by atoms with Gasteiger partial charge in [-0.25, -0.2) is 9.78 Å². The number of carboxylic acid groups (broad SMARTS) is 1. The van der Waals surface area contributed by atoms with Crippen molar-refractivity contribution in [1.82, 2.24) is 10.3 Å². The molecule has 0 spiro atoms. The van der Waals surface area contributed by atoms with Crippen molar-refractivity contribution in [2.45, 2.75) is 38.3 Å². The van der Waals surface area contributed by atoms with Crippen LogP contribution in [0, 0.1) is 6.92 Å². The zero-order chi connectivity index (χ0) is 14.9. The number of hydrogen-bond donors (Lipinski definition) is 2. The van der Waals surface area contributed by atoms with Gasteiger partial charge < -0.3 is 10.4 Å². The molecule has 1 aromatic carbocycles. The van der Waals surface area contributed by atoms with Gasteiger partial charge in [0.25, 0.3) is 0 Å². The molecule has 1 aliphatic rings. The van der Waals surface area contributed by atoms with Gasteiger partial charge >= 0.3 is 5.97 Å². The molecular formula is C16H18N2O2S. The van der Waals surface area contributed by atoms with Gasteiger partial charge in [0.05, 0.1) is 11.1 Å². The highest BCUT2D eigenvalue weighted by atomic mass is 32.1. The van der Waals surface area contributed by atoms with Crippen LogP contribution < -0.4 is 5.32 Å². The third-order valence-corrected chi connectivity index (χ3v) is 5.23. The first-order valence-corrected chi connectivity index (χ1v) is 7.97. The van der Waals surface area contributed by atoms with Gasteiger partial charge in [0.15, 0.2) is 0 Å². The second-order valence-electron chi connectivity index (χ2n) is 5.59. The van der Waals surface area contributed by atoms with Crippen LogP contribution in [0.4, 0.5) is 0 Å². The van der Waals surface area contributed by atoms with E-state index in [0.29, 0.717) is 5.56 Å². The molecule has 0 aliphatic heterocycles. The van der Waals surface area contributed by atoms with Crippen LogP contribution in [0.15, 0.2) is 29.6 Å². The lowest BCUT2D eigenvalue weighted by atomic mass is 9.77. The Labute approximate surface area is 127 Å². The molecule has 2 N–H and O–H groups in total. The van der Waals surface area contributed by atoms with E-state index in [1.165, 1.54) is 11.4 Å². The third kappa shape index (κ3) is 2.84. The summed E-state index contributed by atoms with van der Waals surface area (Å²) in [4.78, 5) is 15.5. The summed E-state index contributed by atoms with van der Waals surface area (Å²) in [5.74, 6) is -0.886. The fourth-order valence-corrected chi connectivity index (χ4v) is 3.64. The van der Waals surface area contributed by atoms with E-state index in [9.17, 15) is 4.79 Å². The number of carboxylic acids is 1. The van der Waals surface area contributed by atoms with E-state index in [1.807, 2.05) is 19.1 Å². The molecule has 0 amide bonds. The number of carbonyl (C=O) groups is 1. The maximum atomic E-state index is 10.8. The molecule has 2 aromatic rings. The Morgan fingerprint density at radius 3 is 2.57 bits per heavy atom. The molecule has 0 radical (unpaired) electrons. The number of thiazole rings is 1. The summed E-state index contributed by atoms with van der Waals surface area (Å²) in [6, 6.07) is 7.05. The van der Waals surface area contributed by atoms with Crippen molar-refractivity contribution in [3.8, 4) is 0 Å². The molecule has 0 saturated heterocycles. The first kappa shape index (κ1) is 14.2. The summed E-state index contributed by atoms with van der Waals surface area (Å²) in [6.07, 6.45) is 3.46. The molecule has 0 atom stereocenters. The molecule has 1 fully saturated rings. The maximum absolute atomic E-state index is 10.8. The van der Waals surface area contributed by atoms with E-state index in [0.717, 1.165) is 30.6 Å². The van der Waals surface area contributed by atoms with Crippen LogP contribution >= 0.6 is 11.3 Å². The monoisotopic (exact) mass is 302 g/mol. The number of nitrogens with one attached hydrogen (secondary N) is 1. The first-order chi connectivity index (χ1) is 10.1. The van der Waals surface area contributed by atoms with E-state index in [4.69, 9.17) is 5.11 Å². The zero-order valence-corrected chi connectivity index (χ0v) is 12.7. The molecule has 0 bridgehead atoms. The fourth-order valence-electron chi connectivity index (χ4n) is 2.61. The van der Waals surface area contributed by atoms with Crippen LogP contribution in [0.25, 0.3) is 0 Å². The fraction of sp³-hybridized carbons (Fsp3) is 0.375. The van der Waals surface area contributed by atoms with Crippen molar-refractivity contribution in [2.24, 2.45) is 0 Å². The minimum absolute atomic E-state index is 0.0183. The van der Waals surface area contributed by atoms with Gasteiger partial charge in [0, 0.05) is 17.6 Å². The molecule has 5 heteroatoms. The Morgan fingerprint density at radius 1 is 1.38 bits per heavy atom. The van der Waals surface area contributed by atoms with Crippen LogP contribution in [0.1, 0.15) is 45.9 Å². The van der Waals surface area contributed by atoms with Crippen LogP contribution in [-0.2, 0) is 12.1 Å². The van der Waals surface area contributed by atoms with E-state index in [1.54, 1.807) is 23.5 Å². The van der Waals surface area contributed by atoms with E-state index in [2.05, 4.69) is 15.7 Å². The predicted molar refractivity (Wildman–Crippen MR) is 82.6 cm³/mol. The minimum atomic E-state index is -0.886. The lowest BCUT2D eigenvalue weighted by Gasteiger charge is -2.41. The smallest absolute Gasteiger partial charge is 0.335 e. The average molecular weight is 302 g/mol. The SMILES string of the molecule is Cc1csc(C2(NCc3ccc(C(=O)O)cc3)CCC2)n1. The topological polar surface area (TPSA) is 62.2 Å². The lowest BCUT2D eigenvalue weighted by Crippen LogP contribution is -2.47. The summed E-state index contributed by atoms with van der Waals surface area (Å²) in [5, 5.41) is 15.8. The van der Waals surface area contributed by atoms with Crippen molar-refractivity contribution in [3.05, 3.63) is 51.5 Å². The Bertz CT molecular complexity index is 645. The van der Waals surface area contributed by atoms with E-state index >= 15 is 0 Å². The highest BCUT2D eigenvalue weighted by molar-refractivity contribution is 7.09. The van der Waals surface area contributed by atoms with Crippen molar-refractivity contribution < 1.29 is 9.90 Å². The van der Waals surface area contributed by atoms with Crippen LogP contribution in [0.5, 0.6) is 0 Å². The molecule has 110 valence electrons. The second kappa shape index (κ2) is 5.58. The molecule has 4 nitrogen and oxygen atoms in total. The van der Waals surface area contributed by atoms with Crippen molar-refractivity contribution in [3.63, 3.8) is 0 Å². The maximum Gasteiger partial charge on any atom is 0.335 e. The number of aromatic carboxylic acids is 1. The van der Waals surface area contributed by atoms with E-state index in [-0.39, 0.29) is 5.54 Å². The van der Waals surface area contributed by atoms with E-state index < -0.39 is 5.97 Å². The summed E-state index contributed by atoms with van der Waals surface area (Å²) in [7, 11) is 0. The highest BCUT2D eigenvalue weighted by Crippen LogP contribution is 2.42. The van der Waals surface area contributed by atoms with Crippen LogP contribution in [0.3, 0.4) is 0 Å². The Hall–Kier alpha value is -1.72. The van der Waals surface area contributed by atoms with Gasteiger partial charge in [-0.15, -0.1) is 11.3 Å². The summed E-state index contributed by atoms with van der Waals surface area (Å²) in [5.41, 5.74) is 2.52. The molecule has 1 aliphatic carbocycles. The summed E-state index contributed by atoms with van der Waals surface area (Å²) in [6.45, 7) is 2.76. The normalized spacial score (nSPS) is 16.4. The Balaban J connectivity index is 1.69. The van der Waals surface area contributed by atoms with Crippen molar-refractivity contribution in [1.29, 1.82) is 0 Å². The second-order valence-corrected chi connectivity index (χ2v) is 6.44. The number of rotatable bonds is 5. The van der Waals surface area contributed by atoms with Gasteiger partial charge in [0.1, 0.15) is 5.01 Å². The molecule has 21 heavy (non-hydrogen) atoms. The largest absolute Gasteiger partial charge is 0.478 e. The lowest BCUT2D eigenvalue weighted by molar-refractivity contribution is 0.0697. The average Bonchev–Trinajstić information content (AvgIpc) is 2.85. The molecular weight excluding hydrogens is 284 g/mol. The number of benzene rings is 1. The number of aryl methyl sites for hydroxylation is 1. The van der Waals surface area contributed by atoms with Gasteiger partial charge in [0.2, 0.25) is 0 Å². The molecule has 1 saturated carbocycles. The number of hydrogen-bond acceptors (Lipinski definition) is 4. The standard InChI is InChI=1S/C16H18N2O2S/c1-11-10-21-15(18-11)16(7-2-8-16)17-9-12-3-5-13(6-4-12)14(19)20/h3-6,10,17H,2,7-9H2,1H3,(H,19,20). The molecule has 1 aromatic heterocycles. The van der Waals surface area contributed by atoms with Gasteiger partial charge in [-0.3, -0.25) is 0 Å². The Morgan fingerprint density at radius 2 is 2.10 bits per heavy atom. The van der Waals surface area contributed by atoms with Gasteiger partial charge in [-0.05, 0) is 43.9 Å². The van der Waals surface area contributed by atoms with Crippen molar-refractivity contribution >= 4 is 17.3 Å². The van der Waals surface area contributed by atoms with Crippen molar-refractivity contribution in [2.75, 3.05) is 0 Å². The minimum Gasteiger partial charge on any atom is -0.478 e. The molecule has 3 rings (SSSR count). The summed E-state index contributed by atoms with van der Waals surface area (Å²) < 4.78 is 0. The quantitative estimate of drug-likeness (QED) is 0.889. The van der Waals surface area contributed by atoms with Crippen LogP contribution in [-0.4, -0.2) is 16.1 Å². The number of aromatic nitrogens is 1.